The van der Waals surface area contributed by atoms with E-state index in [0.29, 0.717) is 43.7 Å². The number of likely N-dealkylation sites (tertiary alicyclic amines) is 1. The summed E-state index contributed by atoms with van der Waals surface area (Å²) < 4.78 is 63.6. The number of pyridine rings is 1. The lowest BCUT2D eigenvalue weighted by Crippen LogP contribution is -2.53. The van der Waals surface area contributed by atoms with Crippen molar-refractivity contribution in [1.82, 2.24) is 9.88 Å². The molecule has 2 saturated heterocycles. The number of ether oxygens (including phenoxy) is 4. The lowest BCUT2D eigenvalue weighted by Gasteiger charge is -2.41. The largest absolute Gasteiger partial charge is 0.488 e. The number of carbonyl (C=O) groups is 1. The Morgan fingerprint density at radius 2 is 2.03 bits per heavy atom. The van der Waals surface area contributed by atoms with Gasteiger partial charge in [0.25, 0.3) is 17.7 Å². The Morgan fingerprint density at radius 1 is 1.22 bits per heavy atom. The van der Waals surface area contributed by atoms with Crippen LogP contribution in [0.3, 0.4) is 0 Å². The van der Waals surface area contributed by atoms with Crippen molar-refractivity contribution in [1.29, 1.82) is 0 Å². The summed E-state index contributed by atoms with van der Waals surface area (Å²) in [6.07, 6.45) is 0.936. The van der Waals surface area contributed by atoms with Crippen molar-refractivity contribution in [3.05, 3.63) is 53.5 Å². The summed E-state index contributed by atoms with van der Waals surface area (Å²) in [5.74, 6) is -3.55. The number of benzene rings is 1. The van der Waals surface area contributed by atoms with Crippen molar-refractivity contribution in [2.24, 2.45) is 17.8 Å². The normalized spacial score (nSPS) is 32.1. The molecule has 0 spiro atoms. The van der Waals surface area contributed by atoms with E-state index in [2.05, 4.69) is 4.98 Å². The summed E-state index contributed by atoms with van der Waals surface area (Å²) in [7, 11) is 1.44. The molecule has 2 aliphatic carbocycles. The summed E-state index contributed by atoms with van der Waals surface area (Å²) >= 11 is 0. The van der Waals surface area contributed by atoms with E-state index in [4.69, 9.17) is 18.9 Å². The number of aromatic nitrogens is 1. The molecule has 0 N–H and O–H groups in total. The molecular weight excluding hydrogens is 477 g/mol. The SMILES string of the molecule is COc1nc(C(=O)N2CC[C@]3(c4cccc(F)c4)OCO[C@@H]3C2)ccc1OCC1C[C@@H]2[C@H](C1)C2(F)F. The molecule has 1 aromatic heterocycles. The van der Waals surface area contributed by atoms with E-state index in [1.807, 2.05) is 6.07 Å². The number of methoxy groups -OCH3 is 1. The van der Waals surface area contributed by atoms with E-state index in [1.54, 1.807) is 23.1 Å². The maximum Gasteiger partial charge on any atom is 0.272 e. The highest BCUT2D eigenvalue weighted by atomic mass is 19.3. The van der Waals surface area contributed by atoms with Gasteiger partial charge in [0.1, 0.15) is 30.0 Å². The summed E-state index contributed by atoms with van der Waals surface area (Å²) in [5, 5.41) is 0. The molecule has 2 aliphatic heterocycles. The lowest BCUT2D eigenvalue weighted by molar-refractivity contribution is -0.0441. The first-order valence-corrected chi connectivity index (χ1v) is 12.2. The molecule has 1 aromatic carbocycles. The Bertz CT molecular complexity index is 1170. The number of halogens is 3. The molecule has 6 rings (SSSR count). The first-order chi connectivity index (χ1) is 17.3. The highest BCUT2D eigenvalue weighted by molar-refractivity contribution is 5.92. The molecule has 36 heavy (non-hydrogen) atoms. The number of rotatable bonds is 6. The van der Waals surface area contributed by atoms with Gasteiger partial charge in [0.15, 0.2) is 5.75 Å². The second kappa shape index (κ2) is 8.62. The van der Waals surface area contributed by atoms with Crippen LogP contribution >= 0.6 is 0 Å². The molecule has 5 atom stereocenters. The van der Waals surface area contributed by atoms with Gasteiger partial charge in [0.2, 0.25) is 0 Å². The minimum atomic E-state index is -2.50. The zero-order valence-electron chi connectivity index (χ0n) is 19.8. The van der Waals surface area contributed by atoms with Crippen molar-refractivity contribution < 1.29 is 36.9 Å². The molecule has 0 radical (unpaired) electrons. The van der Waals surface area contributed by atoms with Crippen LogP contribution < -0.4 is 9.47 Å². The molecule has 2 aromatic rings. The highest BCUT2D eigenvalue weighted by Gasteiger charge is 2.71. The number of alkyl halides is 2. The Kier molecular flexibility index (Phi) is 5.64. The monoisotopic (exact) mass is 504 g/mol. The summed E-state index contributed by atoms with van der Waals surface area (Å²) in [4.78, 5) is 19.3. The maximum atomic E-state index is 13.9. The molecule has 1 unspecified atom stereocenters. The number of amides is 1. The number of hydrogen-bond donors (Lipinski definition) is 0. The van der Waals surface area contributed by atoms with Gasteiger partial charge >= 0.3 is 0 Å². The van der Waals surface area contributed by atoms with E-state index in [-0.39, 0.29) is 42.6 Å². The van der Waals surface area contributed by atoms with Crippen molar-refractivity contribution in [2.45, 2.75) is 36.9 Å². The zero-order chi connectivity index (χ0) is 25.1. The highest BCUT2D eigenvalue weighted by Crippen LogP contribution is 2.65. The van der Waals surface area contributed by atoms with E-state index in [0.717, 1.165) is 0 Å². The van der Waals surface area contributed by atoms with E-state index in [9.17, 15) is 18.0 Å². The van der Waals surface area contributed by atoms with Gasteiger partial charge in [-0.05, 0) is 48.6 Å². The molecule has 2 saturated carbocycles. The van der Waals surface area contributed by atoms with E-state index in [1.165, 1.54) is 19.2 Å². The fourth-order valence-corrected chi connectivity index (χ4v) is 6.05. The Hall–Kier alpha value is -2.85. The van der Waals surface area contributed by atoms with Crippen LogP contribution in [0, 0.1) is 23.6 Å². The van der Waals surface area contributed by atoms with Gasteiger partial charge < -0.3 is 23.8 Å². The number of fused-ring (bicyclic) bond motifs is 2. The molecule has 192 valence electrons. The smallest absolute Gasteiger partial charge is 0.272 e. The van der Waals surface area contributed by atoms with Crippen LogP contribution in [0.15, 0.2) is 36.4 Å². The molecule has 4 fully saturated rings. The average molecular weight is 505 g/mol. The van der Waals surface area contributed by atoms with Crippen LogP contribution in [0.5, 0.6) is 11.6 Å². The van der Waals surface area contributed by atoms with Crippen LogP contribution in [0.1, 0.15) is 35.3 Å². The molecule has 0 bridgehead atoms. The van der Waals surface area contributed by atoms with Crippen LogP contribution in [0.2, 0.25) is 0 Å². The molecule has 4 aliphatic rings. The minimum Gasteiger partial charge on any atom is -0.488 e. The fourth-order valence-electron chi connectivity index (χ4n) is 6.05. The van der Waals surface area contributed by atoms with Gasteiger partial charge in [-0.25, -0.2) is 18.2 Å². The quantitative estimate of drug-likeness (QED) is 0.592. The second-order valence-corrected chi connectivity index (χ2v) is 10.1. The molecule has 7 nitrogen and oxygen atoms in total. The summed E-state index contributed by atoms with van der Waals surface area (Å²) in [6, 6.07) is 9.48. The molecule has 10 heteroatoms. The number of piperidine rings is 1. The summed E-state index contributed by atoms with van der Waals surface area (Å²) in [5.41, 5.74) is 0.0896. The second-order valence-electron chi connectivity index (χ2n) is 10.1. The number of hydrogen-bond acceptors (Lipinski definition) is 6. The standard InChI is InChI=1S/C26H27F3N2O5/c1-33-23-21(34-13-15-9-18-19(10-15)26(18,28)29)6-5-20(30-23)24(32)31-8-7-25(22(12-31)35-14-36-25)16-3-2-4-17(27)11-16/h2-6,11,15,18-19,22H,7-10,12-14H2,1H3/t15?,18-,19+,22-,25-/m1/s1. The lowest BCUT2D eigenvalue weighted by atomic mass is 9.82. The summed E-state index contributed by atoms with van der Waals surface area (Å²) in [6.45, 7) is 1.03. The van der Waals surface area contributed by atoms with Crippen LogP contribution in [0.4, 0.5) is 13.2 Å². The average Bonchev–Trinajstić information content (AvgIpc) is 3.30. The number of nitrogens with zero attached hydrogens (tertiary/aromatic N) is 2. The topological polar surface area (TPSA) is 70.1 Å². The Balaban J connectivity index is 1.11. The van der Waals surface area contributed by atoms with Crippen LogP contribution in [-0.2, 0) is 15.1 Å². The van der Waals surface area contributed by atoms with Gasteiger partial charge in [0.05, 0.1) is 20.3 Å². The fraction of sp³-hybridized carbons (Fsp3) is 0.538. The third-order valence-electron chi connectivity index (χ3n) is 8.10. The number of carbonyl (C=O) groups excluding carboxylic acids is 1. The van der Waals surface area contributed by atoms with E-state index >= 15 is 0 Å². The molecular formula is C26H27F3N2O5. The van der Waals surface area contributed by atoms with Gasteiger partial charge in [-0.15, -0.1) is 0 Å². The van der Waals surface area contributed by atoms with Gasteiger partial charge in [-0.2, -0.15) is 0 Å². The first-order valence-electron chi connectivity index (χ1n) is 12.2. The van der Waals surface area contributed by atoms with Gasteiger partial charge in [-0.1, -0.05) is 12.1 Å². The Morgan fingerprint density at radius 3 is 2.78 bits per heavy atom. The van der Waals surface area contributed by atoms with Crippen LogP contribution in [0.25, 0.3) is 0 Å². The maximum absolute atomic E-state index is 13.9. The van der Waals surface area contributed by atoms with Crippen molar-refractivity contribution in [3.63, 3.8) is 0 Å². The van der Waals surface area contributed by atoms with Gasteiger partial charge in [0, 0.05) is 24.8 Å². The van der Waals surface area contributed by atoms with Crippen LogP contribution in [-0.4, -0.2) is 61.4 Å². The predicted molar refractivity (Wildman–Crippen MR) is 120 cm³/mol. The molecule has 1 amide bonds. The van der Waals surface area contributed by atoms with Crippen molar-refractivity contribution in [3.8, 4) is 11.6 Å². The third-order valence-corrected chi connectivity index (χ3v) is 8.10. The van der Waals surface area contributed by atoms with Crippen molar-refractivity contribution >= 4 is 5.91 Å². The third kappa shape index (κ3) is 3.82. The molecule has 3 heterocycles. The first kappa shape index (κ1) is 23.5. The van der Waals surface area contributed by atoms with E-state index < -0.39 is 29.5 Å². The van der Waals surface area contributed by atoms with Gasteiger partial charge in [-0.3, -0.25) is 4.79 Å². The zero-order valence-corrected chi connectivity index (χ0v) is 19.8. The minimum absolute atomic E-state index is 0.0709. The predicted octanol–water partition coefficient (Wildman–Crippen LogP) is 4.01. The van der Waals surface area contributed by atoms with Crippen molar-refractivity contribution in [2.75, 3.05) is 33.6 Å². The Labute approximate surface area is 206 Å².